The van der Waals surface area contributed by atoms with E-state index >= 15 is 0 Å². The molecule has 1 saturated carbocycles. The number of fused-ring (bicyclic) bond motifs is 1. The molecule has 3 aliphatic rings. The van der Waals surface area contributed by atoms with Crippen LogP contribution in [0.15, 0.2) is 18.2 Å². The Balaban J connectivity index is 1.25. The molecular weight excluding hydrogens is 370 g/mol. The molecule has 2 aliphatic heterocycles. The van der Waals surface area contributed by atoms with Crippen LogP contribution in [0.2, 0.25) is 0 Å². The first kappa shape index (κ1) is 19.9. The van der Waals surface area contributed by atoms with Crippen LogP contribution in [0.25, 0.3) is 0 Å². The lowest BCUT2D eigenvalue weighted by Crippen LogP contribution is -2.52. The van der Waals surface area contributed by atoms with Crippen LogP contribution in [0.1, 0.15) is 57.4 Å². The van der Waals surface area contributed by atoms with Gasteiger partial charge in [0.05, 0.1) is 0 Å². The Morgan fingerprint density at radius 2 is 1.83 bits per heavy atom. The largest absolute Gasteiger partial charge is 0.454 e. The monoisotopic (exact) mass is 401 g/mol. The number of ether oxygens (including phenoxy) is 2. The number of rotatable bonds is 4. The highest BCUT2D eigenvalue weighted by atomic mass is 16.7. The summed E-state index contributed by atoms with van der Waals surface area (Å²) < 4.78 is 10.7. The zero-order chi connectivity index (χ0) is 20.3. The van der Waals surface area contributed by atoms with Crippen molar-refractivity contribution in [2.24, 2.45) is 5.41 Å². The SMILES string of the molecule is CC1(C(=O)NCc2ccc3c(c2)OCO3)CCN(C(=O)NC2CCCCC2)CC1. The third-order valence-electron chi connectivity index (χ3n) is 6.53. The van der Waals surface area contributed by atoms with Gasteiger partial charge in [-0.15, -0.1) is 0 Å². The van der Waals surface area contributed by atoms with Crippen LogP contribution in [-0.2, 0) is 11.3 Å². The summed E-state index contributed by atoms with van der Waals surface area (Å²) in [6.45, 7) is 3.93. The molecule has 3 amide bonds. The number of nitrogens with zero attached hydrogens (tertiary/aromatic N) is 1. The smallest absolute Gasteiger partial charge is 0.317 e. The number of nitrogens with one attached hydrogen (secondary N) is 2. The first-order valence-corrected chi connectivity index (χ1v) is 10.8. The minimum absolute atomic E-state index is 0.0275. The highest BCUT2D eigenvalue weighted by Gasteiger charge is 2.38. The summed E-state index contributed by atoms with van der Waals surface area (Å²) in [5.74, 6) is 1.51. The molecule has 0 atom stereocenters. The van der Waals surface area contributed by atoms with E-state index in [1.54, 1.807) is 0 Å². The number of amides is 3. The van der Waals surface area contributed by atoms with Crippen molar-refractivity contribution < 1.29 is 19.1 Å². The van der Waals surface area contributed by atoms with Crippen LogP contribution < -0.4 is 20.1 Å². The maximum Gasteiger partial charge on any atom is 0.317 e. The van der Waals surface area contributed by atoms with Crippen LogP contribution in [0.4, 0.5) is 4.79 Å². The number of urea groups is 1. The van der Waals surface area contributed by atoms with E-state index in [4.69, 9.17) is 9.47 Å². The molecule has 0 bridgehead atoms. The molecule has 1 aromatic carbocycles. The van der Waals surface area contributed by atoms with Gasteiger partial charge in [-0.1, -0.05) is 32.3 Å². The van der Waals surface area contributed by atoms with Gasteiger partial charge in [0.1, 0.15) is 0 Å². The molecule has 1 aromatic rings. The fraction of sp³-hybridized carbons (Fsp3) is 0.636. The Kier molecular flexibility index (Phi) is 5.83. The van der Waals surface area contributed by atoms with Gasteiger partial charge in [-0.25, -0.2) is 4.79 Å². The lowest BCUT2D eigenvalue weighted by atomic mass is 9.79. The molecule has 2 fully saturated rings. The van der Waals surface area contributed by atoms with Gasteiger partial charge >= 0.3 is 6.03 Å². The summed E-state index contributed by atoms with van der Waals surface area (Å²) in [4.78, 5) is 27.2. The van der Waals surface area contributed by atoms with E-state index in [-0.39, 0.29) is 18.7 Å². The molecule has 0 radical (unpaired) electrons. The van der Waals surface area contributed by atoms with Crippen LogP contribution in [0, 0.1) is 5.41 Å². The van der Waals surface area contributed by atoms with Crippen molar-refractivity contribution in [1.29, 1.82) is 0 Å². The highest BCUT2D eigenvalue weighted by Crippen LogP contribution is 2.33. The van der Waals surface area contributed by atoms with Crippen molar-refractivity contribution in [2.75, 3.05) is 19.9 Å². The van der Waals surface area contributed by atoms with Crippen LogP contribution in [0.5, 0.6) is 11.5 Å². The zero-order valence-corrected chi connectivity index (χ0v) is 17.2. The molecule has 7 heteroatoms. The summed E-state index contributed by atoms with van der Waals surface area (Å²) >= 11 is 0. The fourth-order valence-corrected chi connectivity index (χ4v) is 4.39. The van der Waals surface area contributed by atoms with Crippen LogP contribution in [0.3, 0.4) is 0 Å². The number of piperidine rings is 1. The summed E-state index contributed by atoms with van der Waals surface area (Å²) in [6, 6.07) is 6.06. The Bertz CT molecular complexity index is 752. The number of benzene rings is 1. The second kappa shape index (κ2) is 8.51. The normalized spacial score (nSPS) is 20.9. The lowest BCUT2D eigenvalue weighted by Gasteiger charge is -2.39. The molecule has 0 aromatic heterocycles. The van der Waals surface area contributed by atoms with E-state index in [0.717, 1.165) is 29.9 Å². The van der Waals surface area contributed by atoms with E-state index in [1.165, 1.54) is 19.3 Å². The van der Waals surface area contributed by atoms with Gasteiger partial charge < -0.3 is 25.0 Å². The first-order chi connectivity index (χ1) is 14.0. The molecule has 1 saturated heterocycles. The maximum atomic E-state index is 12.8. The molecule has 1 aliphatic carbocycles. The second-order valence-electron chi connectivity index (χ2n) is 8.70. The van der Waals surface area contributed by atoms with Gasteiger partial charge in [-0.3, -0.25) is 4.79 Å². The Labute approximate surface area is 172 Å². The Morgan fingerprint density at radius 3 is 2.59 bits per heavy atom. The third kappa shape index (κ3) is 4.60. The molecule has 158 valence electrons. The fourth-order valence-electron chi connectivity index (χ4n) is 4.39. The molecule has 7 nitrogen and oxygen atoms in total. The predicted octanol–water partition coefficient (Wildman–Crippen LogP) is 3.18. The van der Waals surface area contributed by atoms with E-state index in [9.17, 15) is 9.59 Å². The van der Waals surface area contributed by atoms with E-state index in [0.29, 0.717) is 38.5 Å². The zero-order valence-electron chi connectivity index (χ0n) is 17.2. The number of hydrogen-bond acceptors (Lipinski definition) is 4. The van der Waals surface area contributed by atoms with Crippen LogP contribution in [-0.4, -0.2) is 42.8 Å². The average molecular weight is 402 g/mol. The molecule has 4 rings (SSSR count). The highest BCUT2D eigenvalue weighted by molar-refractivity contribution is 5.83. The molecular formula is C22H31N3O4. The van der Waals surface area contributed by atoms with Gasteiger partial charge in [0.25, 0.3) is 0 Å². The maximum absolute atomic E-state index is 12.8. The van der Waals surface area contributed by atoms with Crippen molar-refractivity contribution in [3.8, 4) is 11.5 Å². The summed E-state index contributed by atoms with van der Waals surface area (Å²) in [7, 11) is 0. The number of carbonyl (C=O) groups excluding carboxylic acids is 2. The van der Waals surface area contributed by atoms with E-state index in [1.807, 2.05) is 30.0 Å². The Morgan fingerprint density at radius 1 is 1.10 bits per heavy atom. The lowest BCUT2D eigenvalue weighted by molar-refractivity contribution is -0.132. The van der Waals surface area contributed by atoms with E-state index in [2.05, 4.69) is 10.6 Å². The van der Waals surface area contributed by atoms with E-state index < -0.39 is 5.41 Å². The number of likely N-dealkylation sites (tertiary alicyclic amines) is 1. The Hall–Kier alpha value is -2.44. The van der Waals surface area contributed by atoms with Gasteiger partial charge in [-0.05, 0) is 43.4 Å². The number of hydrogen-bond donors (Lipinski definition) is 2. The minimum Gasteiger partial charge on any atom is -0.454 e. The van der Waals surface area contributed by atoms with Crippen LogP contribution >= 0.6 is 0 Å². The third-order valence-corrected chi connectivity index (χ3v) is 6.53. The summed E-state index contributed by atoms with van der Waals surface area (Å²) in [5, 5.41) is 6.23. The first-order valence-electron chi connectivity index (χ1n) is 10.8. The van der Waals surface area contributed by atoms with Gasteiger partial charge in [0.15, 0.2) is 11.5 Å². The molecule has 0 spiro atoms. The molecule has 2 heterocycles. The van der Waals surface area contributed by atoms with Gasteiger partial charge in [0.2, 0.25) is 12.7 Å². The quantitative estimate of drug-likeness (QED) is 0.812. The van der Waals surface area contributed by atoms with Crippen molar-refractivity contribution in [2.45, 2.75) is 64.5 Å². The summed E-state index contributed by atoms with van der Waals surface area (Å²) in [6.07, 6.45) is 7.20. The minimum atomic E-state index is -0.446. The van der Waals surface area contributed by atoms with Crippen molar-refractivity contribution in [3.05, 3.63) is 23.8 Å². The number of carbonyl (C=O) groups is 2. The standard InChI is InChI=1S/C22H31N3O4/c1-22(20(26)23-14-16-7-8-18-19(13-16)29-15-28-18)9-11-25(12-10-22)21(27)24-17-5-3-2-4-6-17/h7-8,13,17H,2-6,9-12,14-15H2,1H3,(H,23,26)(H,24,27). The molecule has 29 heavy (non-hydrogen) atoms. The molecule has 0 unspecified atom stereocenters. The van der Waals surface area contributed by atoms with Crippen molar-refractivity contribution in [3.63, 3.8) is 0 Å². The predicted molar refractivity (Wildman–Crippen MR) is 109 cm³/mol. The molecule has 2 N–H and O–H groups in total. The van der Waals surface area contributed by atoms with Crippen molar-refractivity contribution >= 4 is 11.9 Å². The van der Waals surface area contributed by atoms with Crippen molar-refractivity contribution in [1.82, 2.24) is 15.5 Å². The van der Waals surface area contributed by atoms with Gasteiger partial charge in [-0.2, -0.15) is 0 Å². The average Bonchev–Trinajstić information content (AvgIpc) is 3.21. The van der Waals surface area contributed by atoms with Gasteiger partial charge in [0, 0.05) is 31.1 Å². The topological polar surface area (TPSA) is 79.9 Å². The second-order valence-corrected chi connectivity index (χ2v) is 8.70. The summed E-state index contributed by atoms with van der Waals surface area (Å²) in [5.41, 5.74) is 0.535.